The van der Waals surface area contributed by atoms with Gasteiger partial charge in [-0.3, -0.25) is 4.79 Å². The fourth-order valence-electron chi connectivity index (χ4n) is 2.78. The van der Waals surface area contributed by atoms with E-state index in [9.17, 15) is 9.90 Å². The van der Waals surface area contributed by atoms with Gasteiger partial charge in [-0.25, -0.2) is 4.68 Å². The molecule has 0 radical (unpaired) electrons. The molecule has 1 aliphatic heterocycles. The second-order valence-corrected chi connectivity index (χ2v) is 6.41. The number of nitrogen functional groups attached to an aromatic ring is 1. The molecule has 8 nitrogen and oxygen atoms in total. The highest BCUT2D eigenvalue weighted by Gasteiger charge is 2.32. The Morgan fingerprint density at radius 1 is 1.59 bits per heavy atom. The average Bonchev–Trinajstić information content (AvgIpc) is 3.08. The molecule has 0 bridgehead atoms. The fraction of sp³-hybridized carbons (Fsp3) is 0.538. The Kier molecular flexibility index (Phi) is 4.08. The number of hydrogen-bond acceptors (Lipinski definition) is 7. The van der Waals surface area contributed by atoms with Crippen LogP contribution in [-0.2, 0) is 11.3 Å². The van der Waals surface area contributed by atoms with E-state index in [2.05, 4.69) is 28.5 Å². The van der Waals surface area contributed by atoms with E-state index in [1.54, 1.807) is 16.2 Å². The molecule has 0 saturated carbocycles. The van der Waals surface area contributed by atoms with Crippen LogP contribution in [0.3, 0.4) is 0 Å². The lowest BCUT2D eigenvalue weighted by Gasteiger charge is -2.36. The molecule has 22 heavy (non-hydrogen) atoms. The third-order valence-corrected chi connectivity index (χ3v) is 5.17. The van der Waals surface area contributed by atoms with Crippen LogP contribution in [0.2, 0.25) is 0 Å². The third-order valence-electron chi connectivity index (χ3n) is 4.02. The summed E-state index contributed by atoms with van der Waals surface area (Å²) < 4.78 is 1.25. The second kappa shape index (κ2) is 6.01. The van der Waals surface area contributed by atoms with Gasteiger partial charge < -0.3 is 15.7 Å². The molecule has 2 atom stereocenters. The number of tetrazole rings is 1. The molecule has 3 rings (SSSR count). The van der Waals surface area contributed by atoms with Gasteiger partial charge in [0.05, 0.1) is 6.10 Å². The Balaban J connectivity index is 1.64. The Morgan fingerprint density at radius 2 is 2.41 bits per heavy atom. The molecule has 0 unspecified atom stereocenters. The van der Waals surface area contributed by atoms with Gasteiger partial charge in [-0.2, -0.15) is 0 Å². The first-order valence-corrected chi connectivity index (χ1v) is 7.95. The summed E-state index contributed by atoms with van der Waals surface area (Å²) in [5, 5.41) is 23.1. The molecule has 1 amide bonds. The van der Waals surface area contributed by atoms with Gasteiger partial charge in [-0.05, 0) is 40.8 Å². The number of anilines is 1. The van der Waals surface area contributed by atoms with Crippen molar-refractivity contribution < 1.29 is 9.90 Å². The van der Waals surface area contributed by atoms with E-state index in [4.69, 9.17) is 5.73 Å². The summed E-state index contributed by atoms with van der Waals surface area (Å²) in [5.41, 5.74) is 6.76. The predicted molar refractivity (Wildman–Crippen MR) is 81.2 cm³/mol. The molecule has 1 fully saturated rings. The molecule has 0 aliphatic carbocycles. The van der Waals surface area contributed by atoms with Gasteiger partial charge in [0.2, 0.25) is 11.9 Å². The van der Waals surface area contributed by atoms with E-state index >= 15 is 0 Å². The van der Waals surface area contributed by atoms with Crippen molar-refractivity contribution in [2.45, 2.75) is 31.9 Å². The zero-order valence-corrected chi connectivity index (χ0v) is 13.0. The number of likely N-dealkylation sites (tertiary alicyclic amines) is 1. The maximum atomic E-state index is 12.3. The largest absolute Gasteiger partial charge is 0.391 e. The number of aryl methyl sites for hydroxylation is 1. The van der Waals surface area contributed by atoms with Crippen molar-refractivity contribution in [3.05, 3.63) is 21.9 Å². The molecule has 0 spiro atoms. The van der Waals surface area contributed by atoms with Crippen LogP contribution in [0.5, 0.6) is 0 Å². The first-order valence-electron chi connectivity index (χ1n) is 7.07. The van der Waals surface area contributed by atoms with E-state index in [0.717, 1.165) is 6.42 Å². The Bertz CT molecular complexity index is 669. The topological polar surface area (TPSA) is 110 Å². The van der Waals surface area contributed by atoms with E-state index in [1.807, 2.05) is 5.38 Å². The minimum atomic E-state index is -0.554. The number of β-amino-alcohol motifs (C(OH)–C–C–N with tert-alkyl or cyclic N) is 1. The van der Waals surface area contributed by atoms with Crippen LogP contribution in [-0.4, -0.2) is 55.3 Å². The van der Waals surface area contributed by atoms with Crippen LogP contribution >= 0.6 is 11.3 Å². The molecule has 1 saturated heterocycles. The number of aliphatic hydroxyl groups excluding tert-OH is 1. The van der Waals surface area contributed by atoms with Crippen LogP contribution in [0, 0.1) is 6.92 Å². The minimum Gasteiger partial charge on any atom is -0.391 e. The molecule has 1 aliphatic rings. The summed E-state index contributed by atoms with van der Waals surface area (Å²) in [7, 11) is 0. The van der Waals surface area contributed by atoms with E-state index in [0.29, 0.717) is 13.1 Å². The monoisotopic (exact) mass is 322 g/mol. The number of piperidine rings is 1. The van der Waals surface area contributed by atoms with Gasteiger partial charge in [-0.1, -0.05) is 5.10 Å². The van der Waals surface area contributed by atoms with Crippen molar-refractivity contribution in [1.29, 1.82) is 0 Å². The summed E-state index contributed by atoms with van der Waals surface area (Å²) in [6.45, 7) is 2.98. The standard InChI is InChI=1S/C13H18N6O2S/c1-8-3-5-22-12(8)9-2-4-18(6-10(9)20)11(21)7-19-13(14)15-16-17-19/h3,5,9-10,20H,2,4,6-7H2,1H3,(H2,14,15,17)/t9-,10-/m1/s1. The van der Waals surface area contributed by atoms with Crippen molar-refractivity contribution in [2.75, 3.05) is 18.8 Å². The van der Waals surface area contributed by atoms with E-state index in [1.165, 1.54) is 15.1 Å². The van der Waals surface area contributed by atoms with Gasteiger partial charge in [0.1, 0.15) is 6.54 Å². The van der Waals surface area contributed by atoms with Crippen molar-refractivity contribution in [1.82, 2.24) is 25.1 Å². The van der Waals surface area contributed by atoms with Crippen LogP contribution in [0.1, 0.15) is 22.8 Å². The quantitative estimate of drug-likeness (QED) is 0.823. The lowest BCUT2D eigenvalue weighted by Crippen LogP contribution is -2.46. The van der Waals surface area contributed by atoms with Crippen LogP contribution in [0.15, 0.2) is 11.4 Å². The maximum absolute atomic E-state index is 12.3. The molecular formula is C13H18N6O2S. The number of thiophene rings is 1. The number of nitrogens with two attached hydrogens (primary N) is 1. The molecule has 3 N–H and O–H groups in total. The smallest absolute Gasteiger partial charge is 0.244 e. The molecule has 3 heterocycles. The second-order valence-electron chi connectivity index (χ2n) is 5.46. The number of aromatic nitrogens is 4. The van der Waals surface area contributed by atoms with Gasteiger partial charge in [0.15, 0.2) is 0 Å². The van der Waals surface area contributed by atoms with Crippen molar-refractivity contribution in [3.63, 3.8) is 0 Å². The SMILES string of the molecule is Cc1ccsc1[C@@H]1CCN(C(=O)Cn2nnnc2N)C[C@H]1O. The lowest BCUT2D eigenvalue weighted by atomic mass is 9.90. The van der Waals surface area contributed by atoms with E-state index in [-0.39, 0.29) is 24.3 Å². The first kappa shape index (κ1) is 14.9. The lowest BCUT2D eigenvalue weighted by molar-refractivity contribution is -0.135. The van der Waals surface area contributed by atoms with Crippen molar-refractivity contribution >= 4 is 23.2 Å². The number of amides is 1. The number of rotatable bonds is 3. The highest BCUT2D eigenvalue weighted by atomic mass is 32.1. The summed E-state index contributed by atoms with van der Waals surface area (Å²) in [4.78, 5) is 15.1. The Labute approximate surface area is 131 Å². The molecule has 118 valence electrons. The third kappa shape index (κ3) is 2.81. The molecule has 0 aromatic carbocycles. The van der Waals surface area contributed by atoms with Crippen LogP contribution < -0.4 is 5.73 Å². The van der Waals surface area contributed by atoms with Crippen LogP contribution in [0.25, 0.3) is 0 Å². The summed E-state index contributed by atoms with van der Waals surface area (Å²) in [5.74, 6) is 0.0690. The number of aliphatic hydroxyl groups is 1. The molecule has 9 heteroatoms. The normalized spacial score (nSPS) is 22.0. The van der Waals surface area contributed by atoms with Crippen molar-refractivity contribution in [3.8, 4) is 0 Å². The Hall–Kier alpha value is -2.00. The molecular weight excluding hydrogens is 304 g/mol. The average molecular weight is 322 g/mol. The number of carbonyl (C=O) groups excluding carboxylic acids is 1. The summed E-state index contributed by atoms with van der Waals surface area (Å²) >= 11 is 1.66. The van der Waals surface area contributed by atoms with Gasteiger partial charge in [-0.15, -0.1) is 11.3 Å². The highest BCUT2D eigenvalue weighted by molar-refractivity contribution is 7.10. The maximum Gasteiger partial charge on any atom is 0.244 e. The predicted octanol–water partition coefficient (Wildman–Crippen LogP) is 0.00222. The zero-order valence-electron chi connectivity index (χ0n) is 12.2. The van der Waals surface area contributed by atoms with Crippen LogP contribution in [0.4, 0.5) is 5.95 Å². The zero-order chi connectivity index (χ0) is 15.7. The molecule has 2 aromatic heterocycles. The molecule has 2 aromatic rings. The summed E-state index contributed by atoms with van der Waals surface area (Å²) in [6, 6.07) is 2.06. The van der Waals surface area contributed by atoms with E-state index < -0.39 is 6.10 Å². The number of carbonyl (C=O) groups is 1. The van der Waals surface area contributed by atoms with Gasteiger partial charge >= 0.3 is 0 Å². The van der Waals surface area contributed by atoms with Crippen molar-refractivity contribution in [2.24, 2.45) is 0 Å². The highest BCUT2D eigenvalue weighted by Crippen LogP contribution is 2.34. The van der Waals surface area contributed by atoms with Gasteiger partial charge in [0.25, 0.3) is 0 Å². The first-order chi connectivity index (χ1) is 10.6. The number of hydrogen-bond donors (Lipinski definition) is 2. The number of nitrogens with zero attached hydrogens (tertiary/aromatic N) is 5. The Morgan fingerprint density at radius 3 is 3.00 bits per heavy atom. The summed E-state index contributed by atoms with van der Waals surface area (Å²) in [6.07, 6.45) is 0.195. The minimum absolute atomic E-state index is 0.00570. The van der Waals surface area contributed by atoms with Gasteiger partial charge in [0, 0.05) is 23.9 Å². The fourth-order valence-corrected chi connectivity index (χ4v) is 3.90.